The van der Waals surface area contributed by atoms with E-state index >= 15 is 0 Å². The lowest BCUT2D eigenvalue weighted by Crippen LogP contribution is -2.14. The second kappa shape index (κ2) is 6.68. The number of ether oxygens (including phenoxy) is 1. The Labute approximate surface area is 72.7 Å². The molecule has 3 heteroatoms. The van der Waals surface area contributed by atoms with Gasteiger partial charge in [0.2, 0.25) is 0 Å². The van der Waals surface area contributed by atoms with Crippen molar-refractivity contribution in [3.05, 3.63) is 0 Å². The van der Waals surface area contributed by atoms with E-state index in [1.807, 2.05) is 20.8 Å². The van der Waals surface area contributed by atoms with Crippen LogP contribution in [0.15, 0.2) is 0 Å². The van der Waals surface area contributed by atoms with Crippen molar-refractivity contribution < 1.29 is 9.53 Å². The summed E-state index contributed by atoms with van der Waals surface area (Å²) in [6.45, 7) is 6.17. The molecule has 0 aromatic rings. The third-order valence-electron chi connectivity index (χ3n) is 1.04. The Hall–Kier alpha value is -0.0200. The van der Waals surface area contributed by atoms with E-state index in [1.165, 1.54) is 0 Å². The quantitative estimate of drug-likeness (QED) is 0.616. The number of thioether (sulfide) groups is 1. The van der Waals surface area contributed by atoms with Crippen molar-refractivity contribution in [2.45, 2.75) is 26.9 Å². The summed E-state index contributed by atoms with van der Waals surface area (Å²) in [5.74, 6) is 1.77. The fourth-order valence-corrected chi connectivity index (χ4v) is 1.03. The number of hydrogen-bond donors (Lipinski definition) is 0. The van der Waals surface area contributed by atoms with Crippen LogP contribution in [0.2, 0.25) is 0 Å². The summed E-state index contributed by atoms with van der Waals surface area (Å²) in [6, 6.07) is 0. The summed E-state index contributed by atoms with van der Waals surface area (Å²) in [6.07, 6.45) is 0.158. The van der Waals surface area contributed by atoms with Gasteiger partial charge in [-0.3, -0.25) is 4.79 Å². The van der Waals surface area contributed by atoms with Gasteiger partial charge in [-0.1, -0.05) is 6.92 Å². The van der Waals surface area contributed by atoms with E-state index < -0.39 is 0 Å². The van der Waals surface area contributed by atoms with Crippen LogP contribution in [0.3, 0.4) is 0 Å². The Morgan fingerprint density at radius 2 is 2.18 bits per heavy atom. The molecule has 0 amide bonds. The van der Waals surface area contributed by atoms with Crippen LogP contribution in [0.1, 0.15) is 20.8 Å². The number of rotatable bonds is 6. The van der Waals surface area contributed by atoms with E-state index in [2.05, 4.69) is 0 Å². The van der Waals surface area contributed by atoms with Gasteiger partial charge < -0.3 is 4.74 Å². The zero-order valence-corrected chi connectivity index (χ0v) is 8.24. The molecular weight excluding hydrogens is 160 g/mol. The minimum Gasteiger partial charge on any atom is -0.371 e. The predicted molar refractivity (Wildman–Crippen MR) is 49.1 cm³/mol. The summed E-state index contributed by atoms with van der Waals surface area (Å²) >= 11 is 1.64. The lowest BCUT2D eigenvalue weighted by molar-refractivity contribution is -0.122. The number of ketones is 1. The van der Waals surface area contributed by atoms with Gasteiger partial charge in [-0.05, 0) is 19.6 Å². The topological polar surface area (TPSA) is 26.3 Å². The van der Waals surface area contributed by atoms with Gasteiger partial charge >= 0.3 is 0 Å². The molecule has 0 aromatic heterocycles. The molecule has 0 N–H and O–H groups in total. The second-order valence-electron chi connectivity index (χ2n) is 2.54. The highest BCUT2D eigenvalue weighted by atomic mass is 32.2. The molecule has 2 nitrogen and oxygen atoms in total. The van der Waals surface area contributed by atoms with Gasteiger partial charge in [-0.25, -0.2) is 0 Å². The molecule has 0 saturated carbocycles. The molecular formula is C8H16O2S. The number of carbonyl (C=O) groups is 1. The van der Waals surface area contributed by atoms with E-state index in [0.717, 1.165) is 5.75 Å². The van der Waals surface area contributed by atoms with Crippen molar-refractivity contribution in [1.29, 1.82) is 0 Å². The lowest BCUT2D eigenvalue weighted by atomic mass is 10.4. The summed E-state index contributed by atoms with van der Waals surface area (Å²) in [5, 5.41) is 0. The maximum Gasteiger partial charge on any atom is 0.168 e. The number of Topliss-reactive ketones (excluding diaryl/α,β-unsaturated/α-hetero) is 1. The molecule has 0 atom stereocenters. The SMILES string of the molecule is CCSCC(=O)COC(C)C. The largest absolute Gasteiger partial charge is 0.371 e. The van der Waals surface area contributed by atoms with Gasteiger partial charge in [0.25, 0.3) is 0 Å². The van der Waals surface area contributed by atoms with Crippen LogP contribution in [0.4, 0.5) is 0 Å². The molecule has 0 aromatic carbocycles. The van der Waals surface area contributed by atoms with E-state index in [9.17, 15) is 4.79 Å². The molecule has 0 aliphatic heterocycles. The van der Waals surface area contributed by atoms with Crippen LogP contribution < -0.4 is 0 Å². The smallest absolute Gasteiger partial charge is 0.168 e. The minimum absolute atomic E-state index is 0.158. The Kier molecular flexibility index (Phi) is 6.66. The van der Waals surface area contributed by atoms with E-state index in [0.29, 0.717) is 5.75 Å². The van der Waals surface area contributed by atoms with Crippen LogP contribution in [0.5, 0.6) is 0 Å². The first-order valence-electron chi connectivity index (χ1n) is 3.87. The molecule has 0 spiro atoms. The fourth-order valence-electron chi connectivity index (χ4n) is 0.517. The molecule has 0 unspecified atom stereocenters. The lowest BCUT2D eigenvalue weighted by Gasteiger charge is -2.05. The predicted octanol–water partition coefficient (Wildman–Crippen LogP) is 1.73. The first-order chi connectivity index (χ1) is 5.16. The van der Waals surface area contributed by atoms with Crippen LogP contribution in [-0.2, 0) is 9.53 Å². The zero-order valence-electron chi connectivity index (χ0n) is 7.42. The van der Waals surface area contributed by atoms with Gasteiger partial charge in [0, 0.05) is 0 Å². The molecule has 0 bridgehead atoms. The van der Waals surface area contributed by atoms with E-state index in [4.69, 9.17) is 4.74 Å². The van der Waals surface area contributed by atoms with Crippen LogP contribution >= 0.6 is 11.8 Å². The molecule has 0 fully saturated rings. The summed E-state index contributed by atoms with van der Waals surface area (Å²) in [7, 11) is 0. The average molecular weight is 176 g/mol. The number of carbonyl (C=O) groups excluding carboxylic acids is 1. The Balaban J connectivity index is 3.23. The van der Waals surface area contributed by atoms with Crippen molar-refractivity contribution in [1.82, 2.24) is 0 Å². The van der Waals surface area contributed by atoms with Crippen LogP contribution in [0.25, 0.3) is 0 Å². The van der Waals surface area contributed by atoms with E-state index in [1.54, 1.807) is 11.8 Å². The fraction of sp³-hybridized carbons (Fsp3) is 0.875. The highest BCUT2D eigenvalue weighted by molar-refractivity contribution is 7.99. The summed E-state index contributed by atoms with van der Waals surface area (Å²) in [5.41, 5.74) is 0. The van der Waals surface area contributed by atoms with Crippen LogP contribution in [-0.4, -0.2) is 30.0 Å². The Bertz CT molecular complexity index is 113. The maximum atomic E-state index is 11.0. The second-order valence-corrected chi connectivity index (χ2v) is 3.81. The third kappa shape index (κ3) is 7.88. The standard InChI is InChI=1S/C8H16O2S/c1-4-11-6-8(9)5-10-7(2)3/h7H,4-6H2,1-3H3. The zero-order chi connectivity index (χ0) is 8.69. The van der Waals surface area contributed by atoms with Crippen molar-refractivity contribution in [3.8, 4) is 0 Å². The minimum atomic E-state index is 0.158. The molecule has 0 radical (unpaired) electrons. The molecule has 0 aliphatic carbocycles. The van der Waals surface area contributed by atoms with Crippen molar-refractivity contribution in [2.24, 2.45) is 0 Å². The molecule has 0 saturated heterocycles. The molecule has 0 rings (SSSR count). The van der Waals surface area contributed by atoms with Gasteiger partial charge in [-0.15, -0.1) is 0 Å². The number of hydrogen-bond acceptors (Lipinski definition) is 3. The van der Waals surface area contributed by atoms with Crippen molar-refractivity contribution in [3.63, 3.8) is 0 Å². The van der Waals surface area contributed by atoms with Crippen LogP contribution in [0, 0.1) is 0 Å². The van der Waals surface area contributed by atoms with Gasteiger partial charge in [0.05, 0.1) is 11.9 Å². The monoisotopic (exact) mass is 176 g/mol. The highest BCUT2D eigenvalue weighted by Gasteiger charge is 2.02. The Morgan fingerprint density at radius 3 is 2.64 bits per heavy atom. The first-order valence-corrected chi connectivity index (χ1v) is 5.03. The summed E-state index contributed by atoms with van der Waals surface area (Å²) < 4.78 is 5.14. The van der Waals surface area contributed by atoms with Crippen molar-refractivity contribution in [2.75, 3.05) is 18.1 Å². The third-order valence-corrected chi connectivity index (χ3v) is 1.98. The first kappa shape index (κ1) is 11.0. The van der Waals surface area contributed by atoms with Gasteiger partial charge in [-0.2, -0.15) is 11.8 Å². The molecule has 11 heavy (non-hydrogen) atoms. The van der Waals surface area contributed by atoms with Gasteiger partial charge in [0.15, 0.2) is 5.78 Å². The normalized spacial score (nSPS) is 10.5. The average Bonchev–Trinajstić information content (AvgIpc) is 1.97. The van der Waals surface area contributed by atoms with E-state index in [-0.39, 0.29) is 18.5 Å². The maximum absolute atomic E-state index is 11.0. The highest BCUT2D eigenvalue weighted by Crippen LogP contribution is 1.99. The molecule has 0 aliphatic rings. The summed E-state index contributed by atoms with van der Waals surface area (Å²) in [4.78, 5) is 11.0. The Morgan fingerprint density at radius 1 is 1.55 bits per heavy atom. The molecule has 66 valence electrons. The van der Waals surface area contributed by atoms with Crippen molar-refractivity contribution >= 4 is 17.5 Å². The van der Waals surface area contributed by atoms with Gasteiger partial charge in [0.1, 0.15) is 6.61 Å². The molecule has 0 heterocycles.